The summed E-state index contributed by atoms with van der Waals surface area (Å²) in [5.74, 6) is -0.267. The third kappa shape index (κ3) is 3.51. The molecule has 1 aromatic rings. The minimum Gasteiger partial charge on any atom is -0.380 e. The highest BCUT2D eigenvalue weighted by molar-refractivity contribution is 8.13. The lowest BCUT2D eigenvalue weighted by Gasteiger charge is -2.18. The van der Waals surface area contributed by atoms with Crippen molar-refractivity contribution in [1.29, 1.82) is 0 Å². The Labute approximate surface area is 133 Å². The van der Waals surface area contributed by atoms with E-state index in [0.29, 0.717) is 18.7 Å². The second-order valence-electron chi connectivity index (χ2n) is 4.91. The Bertz CT molecular complexity index is 675. The number of hydrogen-bond acceptors (Lipinski definition) is 4. The van der Waals surface area contributed by atoms with Gasteiger partial charge in [-0.05, 0) is 31.0 Å². The highest BCUT2D eigenvalue weighted by Gasteiger charge is 2.29. The van der Waals surface area contributed by atoms with E-state index < -0.39 is 9.05 Å². The van der Waals surface area contributed by atoms with Crippen molar-refractivity contribution in [1.82, 2.24) is 4.90 Å². The lowest BCUT2D eigenvalue weighted by atomic mass is 10.1. The van der Waals surface area contributed by atoms with E-state index in [2.05, 4.69) is 0 Å². The maximum absolute atomic E-state index is 12.5. The van der Waals surface area contributed by atoms with Crippen molar-refractivity contribution in [2.24, 2.45) is 0 Å². The smallest absolute Gasteiger partial charge is 0.261 e. The van der Waals surface area contributed by atoms with Gasteiger partial charge in [-0.25, -0.2) is 8.42 Å². The first-order valence-electron chi connectivity index (χ1n) is 6.31. The van der Waals surface area contributed by atoms with Crippen LogP contribution in [0.2, 0.25) is 5.02 Å². The van der Waals surface area contributed by atoms with Crippen LogP contribution in [-0.2, 0) is 13.8 Å². The van der Waals surface area contributed by atoms with Crippen molar-refractivity contribution >= 4 is 37.2 Å². The van der Waals surface area contributed by atoms with E-state index in [1.807, 2.05) is 0 Å². The average molecular weight is 352 g/mol. The molecule has 1 aliphatic heterocycles. The molecule has 0 bridgehead atoms. The predicted octanol–water partition coefficient (Wildman–Crippen LogP) is 2.44. The largest absolute Gasteiger partial charge is 0.380 e. The number of carbonyl (C=O) groups excluding carboxylic acids is 1. The number of nitrogens with zero attached hydrogens (tertiary/aromatic N) is 1. The van der Waals surface area contributed by atoms with Crippen LogP contribution >= 0.6 is 22.3 Å². The molecule has 0 aromatic heterocycles. The quantitative estimate of drug-likeness (QED) is 0.784. The molecule has 1 aromatic carbocycles. The van der Waals surface area contributed by atoms with Gasteiger partial charge >= 0.3 is 0 Å². The zero-order valence-electron chi connectivity index (χ0n) is 11.6. The summed E-state index contributed by atoms with van der Waals surface area (Å²) in [6, 6.07) is 2.52. The van der Waals surface area contributed by atoms with Crippen molar-refractivity contribution in [3.8, 4) is 0 Å². The number of halogens is 2. The first-order valence-corrected chi connectivity index (χ1v) is 8.99. The molecule has 1 unspecified atom stereocenters. The maximum Gasteiger partial charge on any atom is 0.261 e. The standard InChI is InChI=1S/C13H15Cl2NO4S/c1-8-11(5-10(6-12(8)14)21(15,18)19)13(17)16-4-3-9(7-16)20-2/h5-6,9H,3-4,7H2,1-2H3. The summed E-state index contributed by atoms with van der Waals surface area (Å²) in [5.41, 5.74) is 0.782. The van der Waals surface area contributed by atoms with Crippen LogP contribution in [0.15, 0.2) is 17.0 Å². The number of benzene rings is 1. The Morgan fingerprint density at radius 3 is 2.62 bits per heavy atom. The first-order chi connectivity index (χ1) is 9.74. The number of amides is 1. The molecule has 2 rings (SSSR count). The highest BCUT2D eigenvalue weighted by atomic mass is 35.7. The van der Waals surface area contributed by atoms with E-state index in [-0.39, 0.29) is 27.5 Å². The van der Waals surface area contributed by atoms with Gasteiger partial charge in [0.2, 0.25) is 0 Å². The zero-order chi connectivity index (χ0) is 15.8. The van der Waals surface area contributed by atoms with E-state index >= 15 is 0 Å². The fourth-order valence-electron chi connectivity index (χ4n) is 2.29. The summed E-state index contributed by atoms with van der Waals surface area (Å²) < 4.78 is 28.1. The van der Waals surface area contributed by atoms with Crippen molar-refractivity contribution < 1.29 is 17.9 Å². The number of ether oxygens (including phenoxy) is 1. The molecule has 1 heterocycles. The van der Waals surface area contributed by atoms with Gasteiger partial charge in [-0.15, -0.1) is 0 Å². The second-order valence-corrected chi connectivity index (χ2v) is 7.89. The van der Waals surface area contributed by atoms with Crippen LogP contribution in [-0.4, -0.2) is 45.5 Å². The molecule has 0 aliphatic carbocycles. The number of carbonyl (C=O) groups is 1. The van der Waals surface area contributed by atoms with Crippen LogP contribution in [0, 0.1) is 6.92 Å². The predicted molar refractivity (Wildman–Crippen MR) is 80.5 cm³/mol. The number of methoxy groups -OCH3 is 1. The van der Waals surface area contributed by atoms with Gasteiger partial charge in [0.05, 0.1) is 11.0 Å². The molecule has 21 heavy (non-hydrogen) atoms. The third-order valence-corrected chi connectivity index (χ3v) is 5.32. The normalized spacial score (nSPS) is 19.0. The topological polar surface area (TPSA) is 63.7 Å². The van der Waals surface area contributed by atoms with E-state index in [0.717, 1.165) is 6.42 Å². The molecule has 1 saturated heterocycles. The molecule has 0 N–H and O–H groups in total. The van der Waals surface area contributed by atoms with Gasteiger partial charge in [0, 0.05) is 41.5 Å². The molecule has 1 amide bonds. The minimum atomic E-state index is -3.94. The second kappa shape index (κ2) is 6.12. The lowest BCUT2D eigenvalue weighted by Crippen LogP contribution is -2.30. The fraction of sp³-hybridized carbons (Fsp3) is 0.462. The fourth-order valence-corrected chi connectivity index (χ4v) is 3.36. The van der Waals surface area contributed by atoms with Crippen LogP contribution in [0.5, 0.6) is 0 Å². The van der Waals surface area contributed by atoms with Crippen LogP contribution in [0.25, 0.3) is 0 Å². The molecule has 0 saturated carbocycles. The summed E-state index contributed by atoms with van der Waals surface area (Å²) in [6.07, 6.45) is 0.757. The summed E-state index contributed by atoms with van der Waals surface area (Å²) in [5, 5.41) is 0.197. The molecule has 1 atom stereocenters. The molecule has 8 heteroatoms. The van der Waals surface area contributed by atoms with Gasteiger partial charge in [-0.1, -0.05) is 11.6 Å². The Morgan fingerprint density at radius 1 is 1.43 bits per heavy atom. The summed E-state index contributed by atoms with van der Waals surface area (Å²) in [7, 11) is 2.99. The van der Waals surface area contributed by atoms with Gasteiger partial charge in [0.15, 0.2) is 0 Å². The summed E-state index contributed by atoms with van der Waals surface area (Å²) in [6.45, 7) is 2.71. The van der Waals surface area contributed by atoms with Crippen molar-refractivity contribution in [3.05, 3.63) is 28.3 Å². The van der Waals surface area contributed by atoms with Crippen LogP contribution in [0.1, 0.15) is 22.3 Å². The molecule has 116 valence electrons. The Morgan fingerprint density at radius 2 is 2.10 bits per heavy atom. The van der Waals surface area contributed by atoms with Crippen molar-refractivity contribution in [2.75, 3.05) is 20.2 Å². The third-order valence-electron chi connectivity index (χ3n) is 3.60. The average Bonchev–Trinajstić information content (AvgIpc) is 2.88. The van der Waals surface area contributed by atoms with Gasteiger partial charge < -0.3 is 9.64 Å². The summed E-state index contributed by atoms with van der Waals surface area (Å²) >= 11 is 6.01. The van der Waals surface area contributed by atoms with Gasteiger partial charge in [0.1, 0.15) is 0 Å². The molecule has 5 nitrogen and oxygen atoms in total. The number of hydrogen-bond donors (Lipinski definition) is 0. The van der Waals surface area contributed by atoms with Crippen LogP contribution in [0.4, 0.5) is 0 Å². The van der Waals surface area contributed by atoms with Gasteiger partial charge in [-0.2, -0.15) is 0 Å². The van der Waals surface area contributed by atoms with E-state index in [9.17, 15) is 13.2 Å². The van der Waals surface area contributed by atoms with Crippen LogP contribution in [0.3, 0.4) is 0 Å². The van der Waals surface area contributed by atoms with Gasteiger partial charge in [0.25, 0.3) is 15.0 Å². The van der Waals surface area contributed by atoms with E-state index in [1.165, 1.54) is 12.1 Å². The molecular weight excluding hydrogens is 337 g/mol. The van der Waals surface area contributed by atoms with Crippen molar-refractivity contribution in [2.45, 2.75) is 24.3 Å². The maximum atomic E-state index is 12.5. The SMILES string of the molecule is COC1CCN(C(=O)c2cc(S(=O)(=O)Cl)cc(Cl)c2C)C1. The Balaban J connectivity index is 2.39. The minimum absolute atomic E-state index is 0.00432. The molecule has 1 fully saturated rings. The van der Waals surface area contributed by atoms with E-state index in [1.54, 1.807) is 18.9 Å². The summed E-state index contributed by atoms with van der Waals surface area (Å²) in [4.78, 5) is 14.0. The number of rotatable bonds is 3. The van der Waals surface area contributed by atoms with Crippen LogP contribution < -0.4 is 0 Å². The zero-order valence-corrected chi connectivity index (χ0v) is 13.9. The van der Waals surface area contributed by atoms with Gasteiger partial charge in [-0.3, -0.25) is 4.79 Å². The Hall–Kier alpha value is -0.820. The lowest BCUT2D eigenvalue weighted by molar-refractivity contribution is 0.0723. The Kier molecular flexibility index (Phi) is 4.82. The van der Waals surface area contributed by atoms with E-state index in [4.69, 9.17) is 27.0 Å². The molecule has 1 aliphatic rings. The highest BCUT2D eigenvalue weighted by Crippen LogP contribution is 2.28. The number of likely N-dealkylation sites (tertiary alicyclic amines) is 1. The monoisotopic (exact) mass is 351 g/mol. The molecule has 0 radical (unpaired) electrons. The first kappa shape index (κ1) is 16.5. The molecule has 0 spiro atoms. The molecular formula is C13H15Cl2NO4S. The van der Waals surface area contributed by atoms with Crippen molar-refractivity contribution in [3.63, 3.8) is 0 Å².